The maximum atomic E-state index is 11.3. The Labute approximate surface area is 103 Å². The van der Waals surface area contributed by atoms with Crippen LogP contribution in [0, 0.1) is 0 Å². The van der Waals surface area contributed by atoms with Gasteiger partial charge in [0.05, 0.1) is 0 Å². The van der Waals surface area contributed by atoms with Gasteiger partial charge in [0, 0.05) is 6.04 Å². The molecule has 2 heterocycles. The van der Waals surface area contributed by atoms with Crippen LogP contribution in [0.3, 0.4) is 0 Å². The van der Waals surface area contributed by atoms with Crippen molar-refractivity contribution in [3.8, 4) is 0 Å². The van der Waals surface area contributed by atoms with E-state index in [9.17, 15) is 4.79 Å². The molecule has 0 amide bonds. The van der Waals surface area contributed by atoms with Gasteiger partial charge < -0.3 is 5.32 Å². The number of thioether (sulfide) groups is 1. The van der Waals surface area contributed by atoms with Crippen LogP contribution in [0.4, 0.5) is 5.82 Å². The van der Waals surface area contributed by atoms with Gasteiger partial charge in [0.1, 0.15) is 5.82 Å². The minimum atomic E-state index is -0.319. The van der Waals surface area contributed by atoms with E-state index < -0.39 is 0 Å². The number of fused-ring (bicyclic) bond motifs is 1. The highest BCUT2D eigenvalue weighted by Gasteiger charge is 2.05. The lowest BCUT2D eigenvalue weighted by atomic mass is 10.2. The van der Waals surface area contributed by atoms with Crippen LogP contribution >= 0.6 is 11.8 Å². The molecule has 0 spiro atoms. The average Bonchev–Trinajstić information content (AvgIpc) is 2.68. The van der Waals surface area contributed by atoms with Gasteiger partial charge in [0.2, 0.25) is 0 Å². The van der Waals surface area contributed by atoms with E-state index in [2.05, 4.69) is 33.8 Å². The van der Waals surface area contributed by atoms with Crippen LogP contribution in [0.2, 0.25) is 0 Å². The van der Waals surface area contributed by atoms with Crippen LogP contribution < -0.4 is 11.0 Å². The molecule has 2 rings (SSSR count). The Morgan fingerprint density at radius 1 is 1.59 bits per heavy atom. The molecule has 0 radical (unpaired) electrons. The standard InChI is InChI=1S/C10H15N5OS/c1-7(5-6-17-2)11-8-3-4-9-12-13-10(16)15(9)14-8/h3-4,7H,5-6H2,1-2H3,(H,11,14)(H,13,16). The van der Waals surface area contributed by atoms with E-state index in [4.69, 9.17) is 0 Å². The Morgan fingerprint density at radius 3 is 3.18 bits per heavy atom. The smallest absolute Gasteiger partial charge is 0.364 e. The highest BCUT2D eigenvalue weighted by molar-refractivity contribution is 7.98. The number of hydrogen-bond acceptors (Lipinski definition) is 5. The fourth-order valence-electron chi connectivity index (χ4n) is 1.50. The molecule has 1 unspecified atom stereocenters. The maximum absolute atomic E-state index is 11.3. The molecule has 0 aliphatic carbocycles. The molecule has 17 heavy (non-hydrogen) atoms. The van der Waals surface area contributed by atoms with Gasteiger partial charge in [-0.1, -0.05) is 0 Å². The Morgan fingerprint density at radius 2 is 2.41 bits per heavy atom. The molecular formula is C10H15N5OS. The molecule has 0 saturated heterocycles. The molecule has 6 nitrogen and oxygen atoms in total. The number of hydrogen-bond donors (Lipinski definition) is 2. The zero-order chi connectivity index (χ0) is 12.3. The second kappa shape index (κ2) is 5.22. The summed E-state index contributed by atoms with van der Waals surface area (Å²) in [6, 6.07) is 3.91. The van der Waals surface area contributed by atoms with Crippen molar-refractivity contribution in [2.45, 2.75) is 19.4 Å². The second-order valence-electron chi connectivity index (χ2n) is 3.84. The van der Waals surface area contributed by atoms with Crippen molar-refractivity contribution >= 4 is 23.2 Å². The first-order valence-corrected chi connectivity index (χ1v) is 6.80. The van der Waals surface area contributed by atoms with Crippen LogP contribution in [0.5, 0.6) is 0 Å². The lowest BCUT2D eigenvalue weighted by molar-refractivity contribution is 0.756. The summed E-state index contributed by atoms with van der Waals surface area (Å²) in [5, 5.41) is 13.6. The van der Waals surface area contributed by atoms with Crippen molar-refractivity contribution in [3.05, 3.63) is 22.6 Å². The number of H-pyrrole nitrogens is 1. The van der Waals surface area contributed by atoms with E-state index in [1.165, 1.54) is 4.52 Å². The van der Waals surface area contributed by atoms with E-state index in [0.717, 1.165) is 12.2 Å². The van der Waals surface area contributed by atoms with Crippen LogP contribution in [0.25, 0.3) is 5.65 Å². The summed E-state index contributed by atoms with van der Waals surface area (Å²) in [6.45, 7) is 2.10. The lowest BCUT2D eigenvalue weighted by Gasteiger charge is -2.13. The molecule has 0 aliphatic rings. The van der Waals surface area contributed by atoms with Crippen molar-refractivity contribution in [2.24, 2.45) is 0 Å². The molecule has 92 valence electrons. The monoisotopic (exact) mass is 253 g/mol. The number of aromatic amines is 1. The molecular weight excluding hydrogens is 238 g/mol. The van der Waals surface area contributed by atoms with E-state index in [1.54, 1.807) is 6.07 Å². The van der Waals surface area contributed by atoms with Crippen molar-refractivity contribution in [1.29, 1.82) is 0 Å². The zero-order valence-electron chi connectivity index (χ0n) is 9.80. The van der Waals surface area contributed by atoms with Crippen LogP contribution in [0.15, 0.2) is 16.9 Å². The third-order valence-corrected chi connectivity index (χ3v) is 3.07. The van der Waals surface area contributed by atoms with Gasteiger partial charge in [-0.05, 0) is 37.5 Å². The molecule has 2 aromatic rings. The summed E-state index contributed by atoms with van der Waals surface area (Å²) in [5.41, 5.74) is 0.206. The Bertz CT molecular complexity index is 549. The van der Waals surface area contributed by atoms with Crippen molar-refractivity contribution in [3.63, 3.8) is 0 Å². The summed E-state index contributed by atoms with van der Waals surface area (Å²) in [4.78, 5) is 11.3. The molecule has 0 fully saturated rings. The molecule has 2 aromatic heterocycles. The van der Waals surface area contributed by atoms with Gasteiger partial charge in [-0.2, -0.15) is 21.4 Å². The minimum absolute atomic E-state index is 0.319. The number of anilines is 1. The zero-order valence-corrected chi connectivity index (χ0v) is 10.6. The van der Waals surface area contributed by atoms with Crippen molar-refractivity contribution < 1.29 is 0 Å². The third-order valence-electron chi connectivity index (χ3n) is 2.42. The molecule has 7 heteroatoms. The maximum Gasteiger partial charge on any atom is 0.364 e. The summed E-state index contributed by atoms with van der Waals surface area (Å²) >= 11 is 1.82. The van der Waals surface area contributed by atoms with Gasteiger partial charge in [-0.15, -0.1) is 5.10 Å². The van der Waals surface area contributed by atoms with E-state index >= 15 is 0 Å². The van der Waals surface area contributed by atoms with Crippen LogP contribution in [-0.2, 0) is 0 Å². The lowest BCUT2D eigenvalue weighted by Crippen LogP contribution is -2.19. The van der Waals surface area contributed by atoms with Crippen molar-refractivity contribution in [2.75, 3.05) is 17.3 Å². The number of nitrogens with one attached hydrogen (secondary N) is 2. The van der Waals surface area contributed by atoms with Gasteiger partial charge >= 0.3 is 5.69 Å². The summed E-state index contributed by atoms with van der Waals surface area (Å²) in [7, 11) is 0. The predicted molar refractivity (Wildman–Crippen MR) is 69.7 cm³/mol. The van der Waals surface area contributed by atoms with Crippen LogP contribution in [-0.4, -0.2) is 37.9 Å². The molecule has 1 atom stereocenters. The molecule has 0 saturated carbocycles. The highest BCUT2D eigenvalue weighted by Crippen LogP contribution is 2.08. The van der Waals surface area contributed by atoms with Crippen molar-refractivity contribution in [1.82, 2.24) is 19.8 Å². The Balaban J connectivity index is 2.13. The Kier molecular flexibility index (Phi) is 3.68. The molecule has 0 bridgehead atoms. The van der Waals surface area contributed by atoms with Gasteiger partial charge in [0.25, 0.3) is 0 Å². The third kappa shape index (κ3) is 2.79. The first-order chi connectivity index (χ1) is 8.20. The van der Waals surface area contributed by atoms with E-state index in [1.807, 2.05) is 17.8 Å². The fraction of sp³-hybridized carbons (Fsp3) is 0.500. The summed E-state index contributed by atoms with van der Waals surface area (Å²) in [6.07, 6.45) is 3.14. The highest BCUT2D eigenvalue weighted by atomic mass is 32.2. The van der Waals surface area contributed by atoms with Crippen LogP contribution in [0.1, 0.15) is 13.3 Å². The normalized spacial score (nSPS) is 12.8. The number of nitrogens with zero attached hydrogens (tertiary/aromatic N) is 3. The first kappa shape index (κ1) is 12.0. The summed E-state index contributed by atoms with van der Waals surface area (Å²) < 4.78 is 1.25. The molecule has 0 aliphatic heterocycles. The van der Waals surface area contributed by atoms with Gasteiger partial charge in [-0.3, -0.25) is 0 Å². The van der Waals surface area contributed by atoms with Gasteiger partial charge in [0.15, 0.2) is 5.65 Å². The Hall–Kier alpha value is -1.50. The average molecular weight is 253 g/mol. The number of rotatable bonds is 5. The first-order valence-electron chi connectivity index (χ1n) is 5.40. The minimum Gasteiger partial charge on any atom is -0.366 e. The largest absolute Gasteiger partial charge is 0.366 e. The van der Waals surface area contributed by atoms with Gasteiger partial charge in [-0.25, -0.2) is 9.89 Å². The molecule has 2 N–H and O–H groups in total. The number of aromatic nitrogens is 4. The van der Waals surface area contributed by atoms with E-state index in [-0.39, 0.29) is 5.69 Å². The van der Waals surface area contributed by atoms with E-state index in [0.29, 0.717) is 17.5 Å². The topological polar surface area (TPSA) is 75.1 Å². The fourth-order valence-corrected chi connectivity index (χ4v) is 2.09. The summed E-state index contributed by atoms with van der Waals surface area (Å²) in [5.74, 6) is 1.79. The quantitative estimate of drug-likeness (QED) is 0.830. The SMILES string of the molecule is CSCCC(C)Nc1ccc2n[nH]c(=O)n2n1. The second-order valence-corrected chi connectivity index (χ2v) is 4.83. The predicted octanol–water partition coefficient (Wildman–Crippen LogP) is 0.971. The molecule has 0 aromatic carbocycles.